The van der Waals surface area contributed by atoms with Crippen LogP contribution >= 0.6 is 11.8 Å². The van der Waals surface area contributed by atoms with Crippen molar-refractivity contribution in [3.05, 3.63) is 35.9 Å². The van der Waals surface area contributed by atoms with Crippen LogP contribution in [0.5, 0.6) is 0 Å². The third-order valence-electron chi connectivity index (χ3n) is 3.89. The van der Waals surface area contributed by atoms with E-state index in [1.165, 1.54) is 5.56 Å². The fourth-order valence-electron chi connectivity index (χ4n) is 2.77. The SMILES string of the molecule is O=S1(=O)CCC(CN=C2NC(Cc3ccccc3)CS2)C1. The summed E-state index contributed by atoms with van der Waals surface area (Å²) >= 11 is 1.74. The summed E-state index contributed by atoms with van der Waals surface area (Å²) < 4.78 is 22.8. The van der Waals surface area contributed by atoms with Crippen LogP contribution in [-0.2, 0) is 16.3 Å². The van der Waals surface area contributed by atoms with Gasteiger partial charge in [-0.1, -0.05) is 42.1 Å². The van der Waals surface area contributed by atoms with Gasteiger partial charge in [-0.15, -0.1) is 0 Å². The fourth-order valence-corrected chi connectivity index (χ4v) is 5.59. The van der Waals surface area contributed by atoms with Crippen molar-refractivity contribution in [3.8, 4) is 0 Å². The number of hydrogen-bond acceptors (Lipinski definition) is 4. The first-order chi connectivity index (χ1) is 10.1. The van der Waals surface area contributed by atoms with Gasteiger partial charge in [0.2, 0.25) is 0 Å². The summed E-state index contributed by atoms with van der Waals surface area (Å²) in [6, 6.07) is 10.9. The molecule has 0 spiro atoms. The van der Waals surface area contributed by atoms with Crippen molar-refractivity contribution in [2.75, 3.05) is 23.8 Å². The molecule has 1 aromatic rings. The number of hydrogen-bond donors (Lipinski definition) is 1. The van der Waals surface area contributed by atoms with E-state index in [0.29, 0.717) is 24.1 Å². The van der Waals surface area contributed by atoms with Crippen molar-refractivity contribution >= 4 is 26.8 Å². The summed E-state index contributed by atoms with van der Waals surface area (Å²) in [5, 5.41) is 4.42. The van der Waals surface area contributed by atoms with Crippen molar-refractivity contribution in [1.82, 2.24) is 5.32 Å². The van der Waals surface area contributed by atoms with E-state index >= 15 is 0 Å². The Morgan fingerprint density at radius 1 is 1.29 bits per heavy atom. The first kappa shape index (κ1) is 14.9. The standard InChI is InChI=1S/C15H20N2O2S2/c18-21(19)7-6-13(11-21)9-16-15-17-14(10-20-15)8-12-4-2-1-3-5-12/h1-5,13-14H,6-11H2,(H,16,17). The molecule has 114 valence electrons. The lowest BCUT2D eigenvalue weighted by atomic mass is 10.1. The zero-order valence-electron chi connectivity index (χ0n) is 11.9. The highest BCUT2D eigenvalue weighted by atomic mass is 32.2. The first-order valence-electron chi connectivity index (χ1n) is 7.29. The van der Waals surface area contributed by atoms with E-state index in [-0.39, 0.29) is 5.92 Å². The van der Waals surface area contributed by atoms with Gasteiger partial charge in [0, 0.05) is 18.3 Å². The molecule has 2 atom stereocenters. The molecular formula is C15H20N2O2S2. The minimum absolute atomic E-state index is 0.207. The Morgan fingerprint density at radius 3 is 2.81 bits per heavy atom. The van der Waals surface area contributed by atoms with Crippen LogP contribution < -0.4 is 5.32 Å². The van der Waals surface area contributed by atoms with Crippen molar-refractivity contribution in [2.45, 2.75) is 18.9 Å². The molecule has 4 nitrogen and oxygen atoms in total. The molecule has 2 aliphatic heterocycles. The number of nitrogens with zero attached hydrogens (tertiary/aromatic N) is 1. The van der Waals surface area contributed by atoms with E-state index in [1.54, 1.807) is 11.8 Å². The Labute approximate surface area is 130 Å². The molecule has 3 rings (SSSR count). The number of sulfone groups is 1. The molecule has 0 bridgehead atoms. The molecule has 0 aliphatic carbocycles. The maximum Gasteiger partial charge on any atom is 0.156 e. The number of rotatable bonds is 4. The van der Waals surface area contributed by atoms with Crippen LogP contribution in [-0.4, -0.2) is 43.4 Å². The lowest BCUT2D eigenvalue weighted by Gasteiger charge is -2.10. The quantitative estimate of drug-likeness (QED) is 0.916. The molecule has 2 heterocycles. The van der Waals surface area contributed by atoms with Crippen LogP contribution in [0.3, 0.4) is 0 Å². The van der Waals surface area contributed by atoms with E-state index in [2.05, 4.69) is 34.6 Å². The number of benzene rings is 1. The van der Waals surface area contributed by atoms with Gasteiger partial charge < -0.3 is 5.32 Å². The predicted molar refractivity (Wildman–Crippen MR) is 88.6 cm³/mol. The Morgan fingerprint density at radius 2 is 2.10 bits per heavy atom. The second-order valence-corrected chi connectivity index (χ2v) is 8.99. The first-order valence-corrected chi connectivity index (χ1v) is 10.1. The summed E-state index contributed by atoms with van der Waals surface area (Å²) in [4.78, 5) is 4.57. The lowest BCUT2D eigenvalue weighted by Crippen LogP contribution is -2.29. The minimum Gasteiger partial charge on any atom is -0.361 e. The van der Waals surface area contributed by atoms with Crippen molar-refractivity contribution in [3.63, 3.8) is 0 Å². The van der Waals surface area contributed by atoms with Gasteiger partial charge in [-0.05, 0) is 24.3 Å². The molecule has 2 fully saturated rings. The highest BCUT2D eigenvalue weighted by Crippen LogP contribution is 2.21. The van der Waals surface area contributed by atoms with E-state index in [0.717, 1.165) is 23.8 Å². The largest absolute Gasteiger partial charge is 0.361 e. The van der Waals surface area contributed by atoms with Gasteiger partial charge in [-0.25, -0.2) is 8.42 Å². The maximum absolute atomic E-state index is 11.4. The molecule has 0 radical (unpaired) electrons. The van der Waals surface area contributed by atoms with Gasteiger partial charge in [0.1, 0.15) is 0 Å². The van der Waals surface area contributed by atoms with Crippen LogP contribution in [0.25, 0.3) is 0 Å². The number of aliphatic imine (C=N–C) groups is 1. The van der Waals surface area contributed by atoms with E-state index < -0.39 is 9.84 Å². The third kappa shape index (κ3) is 4.23. The third-order valence-corrected chi connectivity index (χ3v) is 6.82. The number of amidine groups is 1. The highest BCUT2D eigenvalue weighted by Gasteiger charge is 2.28. The Hall–Kier alpha value is -1.01. The number of thioether (sulfide) groups is 1. The van der Waals surface area contributed by atoms with Gasteiger partial charge in [0.25, 0.3) is 0 Å². The molecule has 2 aliphatic rings. The minimum atomic E-state index is -2.79. The predicted octanol–water partition coefficient (Wildman–Crippen LogP) is 1.72. The summed E-state index contributed by atoms with van der Waals surface area (Å²) in [5.74, 6) is 1.87. The maximum atomic E-state index is 11.4. The van der Waals surface area contributed by atoms with Crippen LogP contribution in [0.1, 0.15) is 12.0 Å². The van der Waals surface area contributed by atoms with Gasteiger partial charge in [0.15, 0.2) is 15.0 Å². The van der Waals surface area contributed by atoms with Crippen LogP contribution in [0.15, 0.2) is 35.3 Å². The summed E-state index contributed by atoms with van der Waals surface area (Å²) in [6.45, 7) is 0.632. The molecule has 0 amide bonds. The van der Waals surface area contributed by atoms with Crippen LogP contribution in [0, 0.1) is 5.92 Å². The van der Waals surface area contributed by atoms with Crippen LogP contribution in [0.4, 0.5) is 0 Å². The van der Waals surface area contributed by atoms with Crippen molar-refractivity contribution in [1.29, 1.82) is 0 Å². The summed E-state index contributed by atoms with van der Waals surface area (Å²) in [6.07, 6.45) is 1.77. The second-order valence-electron chi connectivity index (χ2n) is 5.76. The van der Waals surface area contributed by atoms with Gasteiger partial charge >= 0.3 is 0 Å². The normalized spacial score (nSPS) is 29.6. The molecular weight excluding hydrogens is 304 g/mol. The zero-order chi connectivity index (χ0) is 14.7. The fraction of sp³-hybridized carbons (Fsp3) is 0.533. The van der Waals surface area contributed by atoms with Crippen molar-refractivity contribution in [2.24, 2.45) is 10.9 Å². The molecule has 0 aromatic heterocycles. The molecule has 1 aromatic carbocycles. The van der Waals surface area contributed by atoms with Gasteiger partial charge in [-0.3, -0.25) is 4.99 Å². The Balaban J connectivity index is 1.49. The van der Waals surface area contributed by atoms with Crippen molar-refractivity contribution < 1.29 is 8.42 Å². The summed E-state index contributed by atoms with van der Waals surface area (Å²) in [5.41, 5.74) is 1.33. The Bertz CT molecular complexity index is 614. The van der Waals surface area contributed by atoms with Gasteiger partial charge in [0.05, 0.1) is 11.5 Å². The molecule has 2 unspecified atom stereocenters. The van der Waals surface area contributed by atoms with E-state index in [4.69, 9.17) is 0 Å². The topological polar surface area (TPSA) is 58.5 Å². The molecule has 21 heavy (non-hydrogen) atoms. The monoisotopic (exact) mass is 324 g/mol. The van der Waals surface area contributed by atoms with Gasteiger partial charge in [-0.2, -0.15) is 0 Å². The second kappa shape index (κ2) is 6.40. The molecule has 0 saturated carbocycles. The molecule has 6 heteroatoms. The highest BCUT2D eigenvalue weighted by molar-refractivity contribution is 8.14. The van der Waals surface area contributed by atoms with Crippen LogP contribution in [0.2, 0.25) is 0 Å². The Kier molecular flexibility index (Phi) is 4.54. The zero-order valence-corrected chi connectivity index (χ0v) is 13.5. The number of nitrogens with one attached hydrogen (secondary N) is 1. The average molecular weight is 324 g/mol. The summed E-state index contributed by atoms with van der Waals surface area (Å²) in [7, 11) is -2.79. The lowest BCUT2D eigenvalue weighted by molar-refractivity contribution is 0.590. The smallest absolute Gasteiger partial charge is 0.156 e. The average Bonchev–Trinajstić information content (AvgIpc) is 3.04. The van der Waals surface area contributed by atoms with E-state index in [9.17, 15) is 8.42 Å². The van der Waals surface area contributed by atoms with E-state index in [1.807, 2.05) is 6.07 Å². The molecule has 1 N–H and O–H groups in total. The molecule has 2 saturated heterocycles.